The number of anilines is 2. The average molecular weight is 346 g/mol. The fourth-order valence-electron chi connectivity index (χ4n) is 2.38. The Morgan fingerprint density at radius 1 is 0.731 bits per heavy atom. The number of benzene rings is 2. The van der Waals surface area contributed by atoms with Gasteiger partial charge in [0.2, 0.25) is 11.8 Å². The fourth-order valence-corrected chi connectivity index (χ4v) is 2.38. The Labute approximate surface area is 152 Å². The lowest BCUT2D eigenvalue weighted by molar-refractivity contribution is -0.118. The predicted molar refractivity (Wildman–Crippen MR) is 98.0 cm³/mol. The second kappa shape index (κ2) is 9.61. The number of hydrogen-bond donors (Lipinski definition) is 2. The Kier molecular flexibility index (Phi) is 6.91. The standard InChI is InChI=1S/C20H18N4O2/c21-13-15-7-1-3-9-17(15)23-19(25)11-5-6-12-20(26)24-18-10-4-2-8-16(18)14-22/h1-4,7-10H,5-6,11-12H2,(H,23,25)(H,24,26). The van der Waals surface area contributed by atoms with Gasteiger partial charge in [-0.1, -0.05) is 24.3 Å². The molecule has 0 spiro atoms. The molecule has 6 heteroatoms. The van der Waals surface area contributed by atoms with Crippen LogP contribution in [0.2, 0.25) is 0 Å². The third-order valence-electron chi connectivity index (χ3n) is 3.70. The van der Waals surface area contributed by atoms with Crippen molar-refractivity contribution in [1.29, 1.82) is 10.5 Å². The highest BCUT2D eigenvalue weighted by molar-refractivity contribution is 5.93. The van der Waals surface area contributed by atoms with Crippen molar-refractivity contribution < 1.29 is 9.59 Å². The van der Waals surface area contributed by atoms with Gasteiger partial charge in [0.15, 0.2) is 0 Å². The first-order valence-electron chi connectivity index (χ1n) is 8.22. The van der Waals surface area contributed by atoms with Gasteiger partial charge >= 0.3 is 0 Å². The minimum absolute atomic E-state index is 0.192. The summed E-state index contributed by atoms with van der Waals surface area (Å²) in [5.74, 6) is -0.383. The molecular weight excluding hydrogens is 328 g/mol. The van der Waals surface area contributed by atoms with E-state index in [1.807, 2.05) is 12.1 Å². The number of rotatable bonds is 7. The largest absolute Gasteiger partial charge is 0.325 e. The summed E-state index contributed by atoms with van der Waals surface area (Å²) in [6.07, 6.45) is 1.63. The summed E-state index contributed by atoms with van der Waals surface area (Å²) < 4.78 is 0. The maximum absolute atomic E-state index is 11.9. The fraction of sp³-hybridized carbons (Fsp3) is 0.200. The molecule has 0 aliphatic rings. The van der Waals surface area contributed by atoms with E-state index in [0.29, 0.717) is 35.3 Å². The van der Waals surface area contributed by atoms with Crippen molar-refractivity contribution in [3.63, 3.8) is 0 Å². The Morgan fingerprint density at radius 2 is 1.12 bits per heavy atom. The van der Waals surface area contributed by atoms with Crippen LogP contribution in [0.1, 0.15) is 36.8 Å². The molecule has 0 aliphatic carbocycles. The zero-order chi connectivity index (χ0) is 18.8. The Morgan fingerprint density at radius 3 is 1.50 bits per heavy atom. The number of hydrogen-bond acceptors (Lipinski definition) is 4. The second-order valence-electron chi connectivity index (χ2n) is 5.62. The minimum Gasteiger partial charge on any atom is -0.325 e. The number of nitrogens with zero attached hydrogens (tertiary/aromatic N) is 2. The van der Waals surface area contributed by atoms with E-state index in [0.717, 1.165) is 0 Å². The lowest BCUT2D eigenvalue weighted by atomic mass is 10.1. The van der Waals surface area contributed by atoms with Gasteiger partial charge in [0.05, 0.1) is 22.5 Å². The molecule has 2 rings (SSSR count). The molecule has 0 atom stereocenters. The zero-order valence-electron chi connectivity index (χ0n) is 14.2. The van der Waals surface area contributed by atoms with Crippen molar-refractivity contribution >= 4 is 23.2 Å². The average Bonchev–Trinajstić information content (AvgIpc) is 2.66. The third kappa shape index (κ3) is 5.47. The molecule has 6 nitrogen and oxygen atoms in total. The summed E-state index contributed by atoms with van der Waals surface area (Å²) in [6.45, 7) is 0. The highest BCUT2D eigenvalue weighted by atomic mass is 16.2. The molecule has 2 aromatic rings. The van der Waals surface area contributed by atoms with Crippen LogP contribution in [-0.2, 0) is 9.59 Å². The van der Waals surface area contributed by atoms with Crippen molar-refractivity contribution in [2.75, 3.05) is 10.6 Å². The SMILES string of the molecule is N#Cc1ccccc1NC(=O)CCCCC(=O)Nc1ccccc1C#N. The van der Waals surface area contributed by atoms with Crippen molar-refractivity contribution in [2.45, 2.75) is 25.7 Å². The molecule has 0 heterocycles. The number of para-hydroxylation sites is 2. The molecule has 2 aromatic carbocycles. The van der Waals surface area contributed by atoms with Gasteiger partial charge in [-0.25, -0.2) is 0 Å². The van der Waals surface area contributed by atoms with Gasteiger partial charge in [0.1, 0.15) is 12.1 Å². The molecule has 0 unspecified atom stereocenters. The van der Waals surface area contributed by atoms with Crippen LogP contribution in [0.5, 0.6) is 0 Å². The second-order valence-corrected chi connectivity index (χ2v) is 5.62. The topological polar surface area (TPSA) is 106 Å². The lowest BCUT2D eigenvalue weighted by Crippen LogP contribution is -2.14. The van der Waals surface area contributed by atoms with Gasteiger partial charge in [0.25, 0.3) is 0 Å². The molecular formula is C20H18N4O2. The van der Waals surface area contributed by atoms with Crippen molar-refractivity contribution in [3.8, 4) is 12.1 Å². The summed E-state index contributed by atoms with van der Waals surface area (Å²) in [5, 5.41) is 23.4. The third-order valence-corrected chi connectivity index (χ3v) is 3.70. The van der Waals surface area contributed by atoms with Crippen LogP contribution >= 0.6 is 0 Å². The number of carbonyl (C=O) groups excluding carboxylic acids is 2. The van der Waals surface area contributed by atoms with Crippen molar-refractivity contribution in [3.05, 3.63) is 59.7 Å². The molecule has 130 valence electrons. The number of amides is 2. The van der Waals surface area contributed by atoms with Gasteiger partial charge in [-0.05, 0) is 37.1 Å². The first kappa shape index (κ1) is 18.7. The van der Waals surface area contributed by atoms with Crippen LogP contribution in [0.4, 0.5) is 11.4 Å². The number of nitriles is 2. The Hall–Kier alpha value is -3.64. The van der Waals surface area contributed by atoms with Gasteiger partial charge in [-0.2, -0.15) is 10.5 Å². The van der Waals surface area contributed by atoms with Gasteiger partial charge in [0, 0.05) is 12.8 Å². The van der Waals surface area contributed by atoms with Crippen LogP contribution in [0.3, 0.4) is 0 Å². The van der Waals surface area contributed by atoms with Gasteiger partial charge in [-0.15, -0.1) is 0 Å². The first-order valence-corrected chi connectivity index (χ1v) is 8.22. The lowest BCUT2D eigenvalue weighted by Gasteiger charge is -2.08. The highest BCUT2D eigenvalue weighted by Gasteiger charge is 2.08. The summed E-state index contributed by atoms with van der Waals surface area (Å²) >= 11 is 0. The van der Waals surface area contributed by atoms with Crippen molar-refractivity contribution in [2.24, 2.45) is 0 Å². The van der Waals surface area contributed by atoms with Crippen LogP contribution < -0.4 is 10.6 Å². The summed E-state index contributed by atoms with van der Waals surface area (Å²) in [7, 11) is 0. The van der Waals surface area contributed by atoms with Crippen LogP contribution in [0, 0.1) is 22.7 Å². The van der Waals surface area contributed by atoms with E-state index in [-0.39, 0.29) is 24.7 Å². The Balaban J connectivity index is 1.73. The van der Waals surface area contributed by atoms with Crippen LogP contribution in [0.25, 0.3) is 0 Å². The highest BCUT2D eigenvalue weighted by Crippen LogP contribution is 2.16. The quantitative estimate of drug-likeness (QED) is 0.747. The maximum Gasteiger partial charge on any atom is 0.224 e. The first-order chi connectivity index (χ1) is 12.6. The van der Waals surface area contributed by atoms with E-state index in [2.05, 4.69) is 10.6 Å². The van der Waals surface area contributed by atoms with Gasteiger partial charge in [-0.3, -0.25) is 9.59 Å². The number of carbonyl (C=O) groups is 2. The van der Waals surface area contributed by atoms with Crippen LogP contribution in [-0.4, -0.2) is 11.8 Å². The molecule has 0 saturated heterocycles. The van der Waals surface area contributed by atoms with E-state index in [4.69, 9.17) is 10.5 Å². The maximum atomic E-state index is 11.9. The summed E-state index contributed by atoms with van der Waals surface area (Å²) in [6, 6.07) is 17.6. The van der Waals surface area contributed by atoms with Gasteiger partial charge < -0.3 is 10.6 Å². The van der Waals surface area contributed by atoms with E-state index < -0.39 is 0 Å². The summed E-state index contributed by atoms with van der Waals surface area (Å²) in [4.78, 5) is 23.9. The Bertz CT molecular complexity index is 804. The molecule has 0 aliphatic heterocycles. The zero-order valence-corrected chi connectivity index (χ0v) is 14.2. The molecule has 0 bridgehead atoms. The minimum atomic E-state index is -0.192. The smallest absolute Gasteiger partial charge is 0.224 e. The molecule has 2 N–H and O–H groups in total. The normalized spacial score (nSPS) is 9.62. The molecule has 0 fully saturated rings. The monoisotopic (exact) mass is 346 g/mol. The summed E-state index contributed by atoms with van der Waals surface area (Å²) in [5.41, 5.74) is 1.81. The number of unbranched alkanes of at least 4 members (excludes halogenated alkanes) is 1. The van der Waals surface area contributed by atoms with Crippen molar-refractivity contribution in [1.82, 2.24) is 0 Å². The molecule has 0 saturated carbocycles. The van der Waals surface area contributed by atoms with E-state index in [9.17, 15) is 9.59 Å². The molecule has 0 radical (unpaired) electrons. The number of nitrogens with one attached hydrogen (secondary N) is 2. The molecule has 0 aromatic heterocycles. The van der Waals surface area contributed by atoms with E-state index >= 15 is 0 Å². The molecule has 26 heavy (non-hydrogen) atoms. The predicted octanol–water partition coefficient (Wildman–Crippen LogP) is 3.57. The van der Waals surface area contributed by atoms with E-state index in [1.165, 1.54) is 0 Å². The van der Waals surface area contributed by atoms with Crippen LogP contribution in [0.15, 0.2) is 48.5 Å². The molecule has 2 amide bonds. The van der Waals surface area contributed by atoms with E-state index in [1.54, 1.807) is 48.5 Å².